The van der Waals surface area contributed by atoms with E-state index in [1.54, 1.807) is 6.20 Å². The van der Waals surface area contributed by atoms with Gasteiger partial charge in [-0.15, -0.1) is 3.89 Å². The number of hydrogen-bond acceptors (Lipinski definition) is 5. The van der Waals surface area contributed by atoms with E-state index in [9.17, 15) is 17.1 Å². The SMILES string of the molecule is O=C(CCc1ccc(S(=O)(=O)F)cc1)NC1CCN(Cc2ccccn2)CC1. The lowest BCUT2D eigenvalue weighted by atomic mass is 10.0. The van der Waals surface area contributed by atoms with Gasteiger partial charge in [-0.3, -0.25) is 14.7 Å². The molecule has 3 rings (SSSR count). The van der Waals surface area contributed by atoms with Crippen molar-refractivity contribution >= 4 is 16.1 Å². The molecule has 2 aromatic rings. The summed E-state index contributed by atoms with van der Waals surface area (Å²) in [7, 11) is -4.68. The Morgan fingerprint density at radius 2 is 1.86 bits per heavy atom. The summed E-state index contributed by atoms with van der Waals surface area (Å²) < 4.78 is 34.5. The number of halogens is 1. The van der Waals surface area contributed by atoms with Crippen molar-refractivity contribution in [3.8, 4) is 0 Å². The Bertz CT molecular complexity index is 881. The van der Waals surface area contributed by atoms with Crippen molar-refractivity contribution in [1.29, 1.82) is 0 Å². The Labute approximate surface area is 165 Å². The van der Waals surface area contributed by atoms with E-state index in [4.69, 9.17) is 0 Å². The summed E-state index contributed by atoms with van der Waals surface area (Å²) >= 11 is 0. The number of piperidine rings is 1. The Kier molecular flexibility index (Phi) is 6.74. The third-order valence-electron chi connectivity index (χ3n) is 4.91. The van der Waals surface area contributed by atoms with Crippen molar-refractivity contribution in [2.24, 2.45) is 0 Å². The van der Waals surface area contributed by atoms with Crippen molar-refractivity contribution in [2.75, 3.05) is 13.1 Å². The Balaban J connectivity index is 1.39. The molecule has 0 bridgehead atoms. The highest BCUT2D eigenvalue weighted by atomic mass is 32.3. The average molecular weight is 405 g/mol. The predicted molar refractivity (Wildman–Crippen MR) is 104 cm³/mol. The number of carbonyl (C=O) groups excluding carboxylic acids is 1. The maximum atomic E-state index is 12.9. The van der Waals surface area contributed by atoms with Crippen LogP contribution in [0.2, 0.25) is 0 Å². The van der Waals surface area contributed by atoms with E-state index in [-0.39, 0.29) is 16.8 Å². The zero-order valence-corrected chi connectivity index (χ0v) is 16.4. The minimum atomic E-state index is -4.68. The van der Waals surface area contributed by atoms with Crippen LogP contribution in [0.25, 0.3) is 0 Å². The molecular formula is C20H24FN3O3S. The zero-order chi connectivity index (χ0) is 20.0. The number of rotatable bonds is 7. The molecule has 1 fully saturated rings. The molecule has 1 aliphatic rings. The summed E-state index contributed by atoms with van der Waals surface area (Å²) in [4.78, 5) is 18.5. The molecule has 0 radical (unpaired) electrons. The van der Waals surface area contributed by atoms with Gasteiger partial charge in [-0.2, -0.15) is 8.42 Å². The number of nitrogens with zero attached hydrogens (tertiary/aromatic N) is 2. The van der Waals surface area contributed by atoms with Crippen molar-refractivity contribution in [2.45, 2.75) is 43.2 Å². The molecule has 1 amide bonds. The van der Waals surface area contributed by atoms with E-state index in [1.807, 2.05) is 18.2 Å². The number of likely N-dealkylation sites (tertiary alicyclic amines) is 1. The van der Waals surface area contributed by atoms with Crippen LogP contribution in [0.3, 0.4) is 0 Å². The van der Waals surface area contributed by atoms with Gasteiger partial charge in [0, 0.05) is 38.3 Å². The lowest BCUT2D eigenvalue weighted by Crippen LogP contribution is -2.44. The largest absolute Gasteiger partial charge is 0.353 e. The van der Waals surface area contributed by atoms with E-state index in [0.717, 1.165) is 43.7 Å². The number of nitrogens with one attached hydrogen (secondary N) is 1. The second-order valence-corrected chi connectivity index (χ2v) is 8.37. The minimum absolute atomic E-state index is 0.0228. The van der Waals surface area contributed by atoms with Gasteiger partial charge < -0.3 is 5.32 Å². The normalized spacial score (nSPS) is 16.0. The van der Waals surface area contributed by atoms with E-state index in [1.165, 1.54) is 24.3 Å². The molecule has 1 aromatic heterocycles. The summed E-state index contributed by atoms with van der Waals surface area (Å²) in [5, 5.41) is 3.07. The molecule has 150 valence electrons. The number of aromatic nitrogens is 1. The van der Waals surface area contributed by atoms with Crippen molar-refractivity contribution in [1.82, 2.24) is 15.2 Å². The van der Waals surface area contributed by atoms with Crippen LogP contribution in [0.1, 0.15) is 30.5 Å². The number of amides is 1. The maximum Gasteiger partial charge on any atom is 0.332 e. The number of hydrogen-bond donors (Lipinski definition) is 1. The summed E-state index contributed by atoms with van der Waals surface area (Å²) in [5.74, 6) is -0.0228. The van der Waals surface area contributed by atoms with Crippen LogP contribution in [0.5, 0.6) is 0 Å². The van der Waals surface area contributed by atoms with Crippen molar-refractivity contribution in [3.63, 3.8) is 0 Å². The summed E-state index contributed by atoms with van der Waals surface area (Å²) in [5.41, 5.74) is 1.85. The Morgan fingerprint density at radius 3 is 2.46 bits per heavy atom. The van der Waals surface area contributed by atoms with Crippen LogP contribution in [-0.4, -0.2) is 43.3 Å². The molecule has 8 heteroatoms. The maximum absolute atomic E-state index is 12.9. The van der Waals surface area contributed by atoms with Gasteiger partial charge in [0.15, 0.2) is 0 Å². The molecule has 0 spiro atoms. The van der Waals surface area contributed by atoms with Crippen LogP contribution in [-0.2, 0) is 28.0 Å². The van der Waals surface area contributed by atoms with Gasteiger partial charge in [0.1, 0.15) is 0 Å². The fourth-order valence-corrected chi connectivity index (χ4v) is 3.79. The number of benzene rings is 1. The van der Waals surface area contributed by atoms with Gasteiger partial charge in [-0.25, -0.2) is 0 Å². The van der Waals surface area contributed by atoms with Crippen LogP contribution >= 0.6 is 0 Å². The second-order valence-electron chi connectivity index (χ2n) is 7.02. The average Bonchev–Trinajstić information content (AvgIpc) is 2.68. The van der Waals surface area contributed by atoms with Gasteiger partial charge in [-0.05, 0) is 49.1 Å². The van der Waals surface area contributed by atoms with E-state index < -0.39 is 10.2 Å². The fourth-order valence-electron chi connectivity index (χ4n) is 3.33. The van der Waals surface area contributed by atoms with E-state index in [2.05, 4.69) is 15.2 Å². The first kappa shape index (κ1) is 20.4. The molecule has 2 heterocycles. The van der Waals surface area contributed by atoms with Crippen LogP contribution in [0, 0.1) is 0 Å². The topological polar surface area (TPSA) is 79.4 Å². The highest BCUT2D eigenvalue weighted by Crippen LogP contribution is 2.15. The van der Waals surface area contributed by atoms with Gasteiger partial charge >= 0.3 is 10.2 Å². The van der Waals surface area contributed by atoms with Gasteiger partial charge in [0.25, 0.3) is 0 Å². The molecule has 1 aliphatic heterocycles. The monoisotopic (exact) mass is 405 g/mol. The molecule has 0 atom stereocenters. The molecule has 6 nitrogen and oxygen atoms in total. The number of aryl methyl sites for hydroxylation is 1. The van der Waals surface area contributed by atoms with E-state index in [0.29, 0.717) is 12.8 Å². The first-order valence-corrected chi connectivity index (χ1v) is 10.7. The summed E-state index contributed by atoms with van der Waals surface area (Å²) in [6.45, 7) is 2.66. The van der Waals surface area contributed by atoms with Gasteiger partial charge in [0.05, 0.1) is 10.6 Å². The quantitative estimate of drug-likeness (QED) is 0.716. The molecule has 1 saturated heterocycles. The highest BCUT2D eigenvalue weighted by Gasteiger charge is 2.21. The standard InChI is InChI=1S/C20H24FN3O3S/c21-28(26,27)19-7-4-16(5-8-19)6-9-20(25)23-17-10-13-24(14-11-17)15-18-3-1-2-12-22-18/h1-5,7-8,12,17H,6,9-11,13-15H2,(H,23,25). The number of carbonyl (C=O) groups is 1. The number of pyridine rings is 1. The Hall–Kier alpha value is -2.32. The lowest BCUT2D eigenvalue weighted by Gasteiger charge is -2.32. The fraction of sp³-hybridized carbons (Fsp3) is 0.400. The van der Waals surface area contributed by atoms with Crippen LogP contribution in [0.4, 0.5) is 3.89 Å². The second kappa shape index (κ2) is 9.25. The molecule has 1 aromatic carbocycles. The molecule has 28 heavy (non-hydrogen) atoms. The molecule has 0 aliphatic carbocycles. The molecular weight excluding hydrogens is 381 g/mol. The first-order valence-electron chi connectivity index (χ1n) is 9.35. The third kappa shape index (κ3) is 6.10. The van der Waals surface area contributed by atoms with Gasteiger partial charge in [-0.1, -0.05) is 18.2 Å². The van der Waals surface area contributed by atoms with E-state index >= 15 is 0 Å². The van der Waals surface area contributed by atoms with Crippen molar-refractivity contribution < 1.29 is 17.1 Å². The van der Waals surface area contributed by atoms with Gasteiger partial charge in [0.2, 0.25) is 5.91 Å². The first-order chi connectivity index (χ1) is 13.4. The van der Waals surface area contributed by atoms with Crippen molar-refractivity contribution in [3.05, 3.63) is 59.9 Å². The minimum Gasteiger partial charge on any atom is -0.353 e. The molecule has 1 N–H and O–H groups in total. The summed E-state index contributed by atoms with van der Waals surface area (Å²) in [6.07, 6.45) is 4.41. The molecule has 0 saturated carbocycles. The highest BCUT2D eigenvalue weighted by molar-refractivity contribution is 7.86. The van der Waals surface area contributed by atoms with Crippen LogP contribution in [0.15, 0.2) is 53.6 Å². The zero-order valence-electron chi connectivity index (χ0n) is 15.6. The Morgan fingerprint density at radius 1 is 1.14 bits per heavy atom. The lowest BCUT2D eigenvalue weighted by molar-refractivity contribution is -0.122. The van der Waals surface area contributed by atoms with Crippen LogP contribution < -0.4 is 5.32 Å². The predicted octanol–water partition coefficient (Wildman–Crippen LogP) is 2.45. The molecule has 0 unspecified atom stereocenters. The summed E-state index contributed by atoms with van der Waals surface area (Å²) in [6, 6.07) is 11.6. The third-order valence-corrected chi connectivity index (χ3v) is 5.75. The smallest absolute Gasteiger partial charge is 0.332 e.